The molecular formula is C14H13F2NO3. The summed E-state index contributed by atoms with van der Waals surface area (Å²) in [6, 6.07) is 6.36. The lowest BCUT2D eigenvalue weighted by molar-refractivity contribution is 0.0660. The first-order valence-corrected chi connectivity index (χ1v) is 5.97. The molecule has 2 aromatic rings. The number of carboxylic acids is 1. The second-order valence-corrected chi connectivity index (χ2v) is 4.35. The van der Waals surface area contributed by atoms with Crippen LogP contribution in [0.25, 0.3) is 0 Å². The molecule has 106 valence electrons. The number of carbonyl (C=O) groups is 1. The molecule has 1 heterocycles. The van der Waals surface area contributed by atoms with Crippen LogP contribution in [0, 0.1) is 11.6 Å². The van der Waals surface area contributed by atoms with Gasteiger partial charge in [0.2, 0.25) is 5.76 Å². The zero-order chi connectivity index (χ0) is 14.7. The molecule has 1 aromatic heterocycles. The fourth-order valence-electron chi connectivity index (χ4n) is 1.74. The molecule has 0 aliphatic carbocycles. The Labute approximate surface area is 114 Å². The zero-order valence-electron chi connectivity index (χ0n) is 10.7. The Bertz CT molecular complexity index is 625. The fraction of sp³-hybridized carbons (Fsp3) is 0.214. The van der Waals surface area contributed by atoms with Crippen LogP contribution in [-0.2, 0) is 6.54 Å². The molecule has 1 atom stereocenters. The van der Waals surface area contributed by atoms with Crippen LogP contribution in [0.3, 0.4) is 0 Å². The molecule has 1 aromatic carbocycles. The van der Waals surface area contributed by atoms with E-state index in [2.05, 4.69) is 5.32 Å². The number of benzene rings is 1. The third-order valence-corrected chi connectivity index (χ3v) is 2.90. The summed E-state index contributed by atoms with van der Waals surface area (Å²) in [5, 5.41) is 11.8. The van der Waals surface area contributed by atoms with E-state index in [1.54, 1.807) is 13.0 Å². The standard InChI is InChI=1S/C14H13F2NO3/c1-8(9-2-4-11(15)12(16)6-9)17-7-10-3-5-13(20-10)14(18)19/h2-6,8,17H,7H2,1H3,(H,18,19). The normalized spacial score (nSPS) is 12.3. The molecule has 0 aliphatic rings. The summed E-state index contributed by atoms with van der Waals surface area (Å²) in [6.45, 7) is 2.07. The summed E-state index contributed by atoms with van der Waals surface area (Å²) in [7, 11) is 0. The van der Waals surface area contributed by atoms with Gasteiger partial charge in [-0.05, 0) is 36.8 Å². The van der Waals surface area contributed by atoms with Crippen LogP contribution in [0.5, 0.6) is 0 Å². The molecule has 0 amide bonds. The molecule has 4 nitrogen and oxygen atoms in total. The van der Waals surface area contributed by atoms with Gasteiger partial charge >= 0.3 is 5.97 Å². The average Bonchev–Trinajstić information content (AvgIpc) is 2.88. The molecule has 0 saturated carbocycles. The van der Waals surface area contributed by atoms with Gasteiger partial charge in [-0.25, -0.2) is 13.6 Å². The summed E-state index contributed by atoms with van der Waals surface area (Å²) in [5.41, 5.74) is 0.592. The number of furan rings is 1. The van der Waals surface area contributed by atoms with Gasteiger partial charge < -0.3 is 14.8 Å². The van der Waals surface area contributed by atoms with E-state index in [1.165, 1.54) is 12.1 Å². The summed E-state index contributed by atoms with van der Waals surface area (Å²) in [5.74, 6) is -2.61. The highest BCUT2D eigenvalue weighted by Gasteiger charge is 2.12. The number of rotatable bonds is 5. The van der Waals surface area contributed by atoms with Crippen LogP contribution < -0.4 is 5.32 Å². The van der Waals surface area contributed by atoms with E-state index in [0.29, 0.717) is 11.3 Å². The average molecular weight is 281 g/mol. The first kappa shape index (κ1) is 14.2. The molecule has 20 heavy (non-hydrogen) atoms. The van der Waals surface area contributed by atoms with Crippen molar-refractivity contribution in [1.82, 2.24) is 5.32 Å². The van der Waals surface area contributed by atoms with Crippen molar-refractivity contribution in [3.63, 3.8) is 0 Å². The van der Waals surface area contributed by atoms with Gasteiger partial charge in [0, 0.05) is 6.04 Å². The Hall–Kier alpha value is -2.21. The van der Waals surface area contributed by atoms with E-state index in [1.807, 2.05) is 0 Å². The lowest BCUT2D eigenvalue weighted by Gasteiger charge is -2.13. The summed E-state index contributed by atoms with van der Waals surface area (Å²) in [4.78, 5) is 10.7. The van der Waals surface area contributed by atoms with Crippen molar-refractivity contribution in [1.29, 1.82) is 0 Å². The number of aromatic carboxylic acids is 1. The molecule has 0 fully saturated rings. The Morgan fingerprint density at radius 1 is 1.30 bits per heavy atom. The van der Waals surface area contributed by atoms with Crippen LogP contribution in [0.4, 0.5) is 8.78 Å². The molecule has 2 rings (SSSR count). The Morgan fingerprint density at radius 2 is 2.05 bits per heavy atom. The van der Waals surface area contributed by atoms with Crippen LogP contribution in [0.1, 0.15) is 34.8 Å². The van der Waals surface area contributed by atoms with Crippen molar-refractivity contribution < 1.29 is 23.1 Å². The summed E-state index contributed by atoms with van der Waals surface area (Å²) in [6.07, 6.45) is 0. The summed E-state index contributed by atoms with van der Waals surface area (Å²) >= 11 is 0. The van der Waals surface area contributed by atoms with E-state index in [4.69, 9.17) is 9.52 Å². The Morgan fingerprint density at radius 3 is 2.65 bits per heavy atom. The molecule has 1 unspecified atom stereocenters. The van der Waals surface area contributed by atoms with E-state index in [0.717, 1.165) is 12.1 Å². The predicted molar refractivity (Wildman–Crippen MR) is 67.3 cm³/mol. The molecular weight excluding hydrogens is 268 g/mol. The minimum Gasteiger partial charge on any atom is -0.475 e. The highest BCUT2D eigenvalue weighted by Crippen LogP contribution is 2.17. The summed E-state index contributed by atoms with van der Waals surface area (Å²) < 4.78 is 31.0. The molecule has 0 radical (unpaired) electrons. The molecule has 0 spiro atoms. The minimum absolute atomic E-state index is 0.137. The maximum absolute atomic E-state index is 13.1. The first-order valence-electron chi connectivity index (χ1n) is 5.97. The van der Waals surface area contributed by atoms with Crippen LogP contribution in [0.15, 0.2) is 34.7 Å². The fourth-order valence-corrected chi connectivity index (χ4v) is 1.74. The lowest BCUT2D eigenvalue weighted by atomic mass is 10.1. The van der Waals surface area contributed by atoms with E-state index < -0.39 is 17.6 Å². The van der Waals surface area contributed by atoms with Gasteiger partial charge in [0.25, 0.3) is 0 Å². The van der Waals surface area contributed by atoms with Crippen molar-refractivity contribution in [3.05, 3.63) is 59.1 Å². The monoisotopic (exact) mass is 281 g/mol. The van der Waals surface area contributed by atoms with Gasteiger partial charge in [-0.3, -0.25) is 0 Å². The van der Waals surface area contributed by atoms with Gasteiger partial charge in [0.1, 0.15) is 5.76 Å². The van der Waals surface area contributed by atoms with Gasteiger partial charge in [0.15, 0.2) is 11.6 Å². The molecule has 0 aliphatic heterocycles. The first-order chi connectivity index (χ1) is 9.47. The van der Waals surface area contributed by atoms with Crippen LogP contribution >= 0.6 is 0 Å². The SMILES string of the molecule is CC(NCc1ccc(C(=O)O)o1)c1ccc(F)c(F)c1. The van der Waals surface area contributed by atoms with Gasteiger partial charge in [-0.1, -0.05) is 6.07 Å². The maximum Gasteiger partial charge on any atom is 0.371 e. The number of hydrogen-bond donors (Lipinski definition) is 2. The van der Waals surface area contributed by atoms with E-state index in [-0.39, 0.29) is 18.3 Å². The zero-order valence-corrected chi connectivity index (χ0v) is 10.7. The van der Waals surface area contributed by atoms with Gasteiger partial charge in [-0.2, -0.15) is 0 Å². The van der Waals surface area contributed by atoms with Crippen molar-refractivity contribution in [2.24, 2.45) is 0 Å². The van der Waals surface area contributed by atoms with Crippen LogP contribution in [-0.4, -0.2) is 11.1 Å². The highest BCUT2D eigenvalue weighted by molar-refractivity contribution is 5.84. The second-order valence-electron chi connectivity index (χ2n) is 4.35. The second kappa shape index (κ2) is 5.83. The number of nitrogens with one attached hydrogen (secondary N) is 1. The smallest absolute Gasteiger partial charge is 0.371 e. The number of hydrogen-bond acceptors (Lipinski definition) is 3. The van der Waals surface area contributed by atoms with E-state index >= 15 is 0 Å². The quantitative estimate of drug-likeness (QED) is 0.884. The lowest BCUT2D eigenvalue weighted by Crippen LogP contribution is -2.18. The molecule has 6 heteroatoms. The predicted octanol–water partition coefficient (Wildman–Crippen LogP) is 3.11. The maximum atomic E-state index is 13.1. The van der Waals surface area contributed by atoms with Crippen molar-refractivity contribution >= 4 is 5.97 Å². The topological polar surface area (TPSA) is 62.5 Å². The third kappa shape index (κ3) is 3.21. The van der Waals surface area contributed by atoms with Crippen molar-refractivity contribution in [2.45, 2.75) is 19.5 Å². The molecule has 2 N–H and O–H groups in total. The van der Waals surface area contributed by atoms with Gasteiger partial charge in [0.05, 0.1) is 6.54 Å². The largest absolute Gasteiger partial charge is 0.475 e. The van der Waals surface area contributed by atoms with Crippen molar-refractivity contribution in [3.8, 4) is 0 Å². The minimum atomic E-state index is -1.13. The Kier molecular flexibility index (Phi) is 4.14. The number of carboxylic acid groups (broad SMARTS) is 1. The third-order valence-electron chi connectivity index (χ3n) is 2.90. The van der Waals surface area contributed by atoms with E-state index in [9.17, 15) is 13.6 Å². The van der Waals surface area contributed by atoms with Gasteiger partial charge in [-0.15, -0.1) is 0 Å². The molecule has 0 bridgehead atoms. The number of halogens is 2. The molecule has 0 saturated heterocycles. The highest BCUT2D eigenvalue weighted by atomic mass is 19.2. The van der Waals surface area contributed by atoms with Crippen LogP contribution in [0.2, 0.25) is 0 Å². The Balaban J connectivity index is 1.98. The van der Waals surface area contributed by atoms with Crippen molar-refractivity contribution in [2.75, 3.05) is 0 Å².